The Morgan fingerprint density at radius 2 is 2.00 bits per heavy atom. The summed E-state index contributed by atoms with van der Waals surface area (Å²) in [5.41, 5.74) is -0.741. The molecule has 1 aromatic rings. The molecule has 20 heavy (non-hydrogen) atoms. The van der Waals surface area contributed by atoms with Crippen LogP contribution in [0.5, 0.6) is 5.75 Å². The SMILES string of the molecule is CC(C)(C)N(C(=O)O)c1cc(OC(F)F)cc(Br)c1Cl. The van der Waals surface area contributed by atoms with Gasteiger partial charge in [0.25, 0.3) is 0 Å². The van der Waals surface area contributed by atoms with Crippen LogP contribution in [0.3, 0.4) is 0 Å². The molecule has 0 saturated heterocycles. The fourth-order valence-electron chi connectivity index (χ4n) is 1.64. The van der Waals surface area contributed by atoms with E-state index in [4.69, 9.17) is 11.6 Å². The fraction of sp³-hybridized carbons (Fsp3) is 0.417. The topological polar surface area (TPSA) is 49.8 Å². The van der Waals surface area contributed by atoms with Crippen LogP contribution in [0.1, 0.15) is 20.8 Å². The number of rotatable bonds is 3. The van der Waals surface area contributed by atoms with E-state index in [9.17, 15) is 18.7 Å². The molecule has 0 aliphatic carbocycles. The second-order valence-corrected chi connectivity index (χ2v) is 6.14. The monoisotopic (exact) mass is 371 g/mol. The van der Waals surface area contributed by atoms with E-state index in [1.54, 1.807) is 20.8 Å². The Morgan fingerprint density at radius 3 is 2.40 bits per heavy atom. The van der Waals surface area contributed by atoms with Crippen molar-refractivity contribution in [3.63, 3.8) is 0 Å². The summed E-state index contributed by atoms with van der Waals surface area (Å²) in [6, 6.07) is 2.42. The lowest BCUT2D eigenvalue weighted by Crippen LogP contribution is -2.45. The Hall–Kier alpha value is -1.08. The third kappa shape index (κ3) is 3.96. The van der Waals surface area contributed by atoms with Crippen molar-refractivity contribution >= 4 is 39.3 Å². The number of carboxylic acid groups (broad SMARTS) is 1. The second kappa shape index (κ2) is 6.13. The van der Waals surface area contributed by atoms with Crippen LogP contribution in [0.2, 0.25) is 5.02 Å². The number of benzene rings is 1. The first-order chi connectivity index (χ1) is 9.04. The highest BCUT2D eigenvalue weighted by Crippen LogP contribution is 2.40. The molecular formula is C12H13BrClF2NO3. The number of amides is 1. The largest absolute Gasteiger partial charge is 0.465 e. The minimum Gasteiger partial charge on any atom is -0.465 e. The molecule has 0 bridgehead atoms. The molecule has 0 spiro atoms. The number of ether oxygens (including phenoxy) is 1. The molecule has 0 atom stereocenters. The summed E-state index contributed by atoms with van der Waals surface area (Å²) < 4.78 is 29.1. The van der Waals surface area contributed by atoms with Crippen molar-refractivity contribution in [2.75, 3.05) is 4.90 Å². The first kappa shape index (κ1) is 17.0. The molecule has 1 rings (SSSR count). The van der Waals surface area contributed by atoms with Gasteiger partial charge in [-0.25, -0.2) is 4.79 Å². The number of hydrogen-bond donors (Lipinski definition) is 1. The van der Waals surface area contributed by atoms with Gasteiger partial charge in [0.05, 0.1) is 10.7 Å². The highest BCUT2D eigenvalue weighted by molar-refractivity contribution is 9.10. The zero-order valence-corrected chi connectivity index (χ0v) is 13.3. The van der Waals surface area contributed by atoms with Gasteiger partial charge in [0, 0.05) is 16.1 Å². The normalized spacial score (nSPS) is 11.6. The van der Waals surface area contributed by atoms with Crippen LogP contribution < -0.4 is 9.64 Å². The maximum Gasteiger partial charge on any atom is 0.412 e. The number of alkyl halides is 2. The minimum absolute atomic E-state index is 0.0664. The molecule has 0 aliphatic heterocycles. The molecule has 112 valence electrons. The lowest BCUT2D eigenvalue weighted by atomic mass is 10.1. The Kier molecular flexibility index (Phi) is 5.21. The quantitative estimate of drug-likeness (QED) is 0.813. The summed E-state index contributed by atoms with van der Waals surface area (Å²) in [6.45, 7) is 1.97. The molecule has 0 saturated carbocycles. The predicted octanol–water partition coefficient (Wildman–Crippen LogP) is 4.99. The summed E-state index contributed by atoms with van der Waals surface area (Å²) in [7, 11) is 0. The van der Waals surface area contributed by atoms with E-state index in [0.29, 0.717) is 0 Å². The first-order valence-electron chi connectivity index (χ1n) is 5.51. The van der Waals surface area contributed by atoms with E-state index in [2.05, 4.69) is 20.7 Å². The summed E-state index contributed by atoms with van der Waals surface area (Å²) in [5.74, 6) is -0.179. The summed E-state index contributed by atoms with van der Waals surface area (Å²) >= 11 is 9.15. The van der Waals surface area contributed by atoms with Gasteiger partial charge in [-0.15, -0.1) is 0 Å². The Bertz CT molecular complexity index is 520. The average molecular weight is 373 g/mol. The van der Waals surface area contributed by atoms with Crippen LogP contribution in [-0.4, -0.2) is 23.4 Å². The van der Waals surface area contributed by atoms with Gasteiger partial charge in [-0.3, -0.25) is 4.90 Å². The molecule has 0 aromatic heterocycles. The average Bonchev–Trinajstić information content (AvgIpc) is 2.21. The van der Waals surface area contributed by atoms with Crippen molar-refractivity contribution in [1.82, 2.24) is 0 Å². The predicted molar refractivity (Wildman–Crippen MR) is 76.0 cm³/mol. The van der Waals surface area contributed by atoms with E-state index < -0.39 is 18.2 Å². The van der Waals surface area contributed by atoms with E-state index >= 15 is 0 Å². The number of hydrogen-bond acceptors (Lipinski definition) is 2. The van der Waals surface area contributed by atoms with Gasteiger partial charge < -0.3 is 9.84 Å². The minimum atomic E-state index is -3.01. The summed E-state index contributed by atoms with van der Waals surface area (Å²) in [4.78, 5) is 12.4. The van der Waals surface area contributed by atoms with E-state index in [1.165, 1.54) is 12.1 Å². The summed E-state index contributed by atoms with van der Waals surface area (Å²) in [5, 5.41) is 9.41. The Balaban J connectivity index is 3.41. The van der Waals surface area contributed by atoms with Crippen LogP contribution in [0.15, 0.2) is 16.6 Å². The standard InChI is InChI=1S/C12H13BrClF2NO3/c1-12(2,3)17(11(18)19)8-5-6(20-10(15)16)4-7(13)9(8)14/h4-5,10H,1-3H3,(H,18,19). The van der Waals surface area contributed by atoms with Crippen molar-refractivity contribution in [2.45, 2.75) is 32.9 Å². The van der Waals surface area contributed by atoms with Crippen molar-refractivity contribution < 1.29 is 23.4 Å². The van der Waals surface area contributed by atoms with Gasteiger partial charge in [-0.05, 0) is 42.8 Å². The smallest absolute Gasteiger partial charge is 0.412 e. The third-order valence-electron chi connectivity index (χ3n) is 2.31. The van der Waals surface area contributed by atoms with Crippen molar-refractivity contribution in [3.05, 3.63) is 21.6 Å². The van der Waals surface area contributed by atoms with Crippen molar-refractivity contribution in [2.24, 2.45) is 0 Å². The number of anilines is 1. The molecule has 0 heterocycles. The molecule has 0 aliphatic rings. The van der Waals surface area contributed by atoms with E-state index in [-0.39, 0.29) is 20.9 Å². The highest BCUT2D eigenvalue weighted by Gasteiger charge is 2.30. The third-order valence-corrected chi connectivity index (χ3v) is 3.56. The second-order valence-electron chi connectivity index (χ2n) is 4.91. The lowest BCUT2D eigenvalue weighted by Gasteiger charge is -2.34. The number of nitrogens with zero attached hydrogens (tertiary/aromatic N) is 1. The van der Waals surface area contributed by atoms with Gasteiger partial charge in [-0.1, -0.05) is 11.6 Å². The maximum atomic E-state index is 12.3. The van der Waals surface area contributed by atoms with Gasteiger partial charge in [0.1, 0.15) is 5.75 Å². The van der Waals surface area contributed by atoms with Crippen LogP contribution in [0, 0.1) is 0 Å². The molecule has 1 N–H and O–H groups in total. The number of halogens is 4. The Morgan fingerprint density at radius 1 is 1.45 bits per heavy atom. The van der Waals surface area contributed by atoms with Crippen LogP contribution in [0.25, 0.3) is 0 Å². The molecule has 0 fully saturated rings. The Labute approximate surface area is 128 Å². The van der Waals surface area contributed by atoms with Crippen molar-refractivity contribution in [3.8, 4) is 5.75 Å². The fourth-order valence-corrected chi connectivity index (χ4v) is 2.26. The van der Waals surface area contributed by atoms with Crippen LogP contribution in [-0.2, 0) is 0 Å². The zero-order valence-electron chi connectivity index (χ0n) is 11.0. The first-order valence-corrected chi connectivity index (χ1v) is 6.68. The summed E-state index contributed by atoms with van der Waals surface area (Å²) in [6.07, 6.45) is -1.25. The van der Waals surface area contributed by atoms with Gasteiger partial charge >= 0.3 is 12.7 Å². The molecule has 4 nitrogen and oxygen atoms in total. The van der Waals surface area contributed by atoms with E-state index in [1.807, 2.05) is 0 Å². The van der Waals surface area contributed by atoms with Gasteiger partial charge in [-0.2, -0.15) is 8.78 Å². The van der Waals surface area contributed by atoms with Crippen LogP contribution in [0.4, 0.5) is 19.3 Å². The molecule has 0 radical (unpaired) electrons. The molecule has 0 unspecified atom stereocenters. The molecule has 1 aromatic carbocycles. The van der Waals surface area contributed by atoms with Crippen molar-refractivity contribution in [1.29, 1.82) is 0 Å². The maximum absolute atomic E-state index is 12.3. The van der Waals surface area contributed by atoms with Crippen LogP contribution >= 0.6 is 27.5 Å². The van der Waals surface area contributed by atoms with E-state index in [0.717, 1.165) is 4.90 Å². The van der Waals surface area contributed by atoms with Gasteiger partial charge in [0.15, 0.2) is 0 Å². The highest BCUT2D eigenvalue weighted by atomic mass is 79.9. The zero-order chi connectivity index (χ0) is 15.7. The molecule has 8 heteroatoms. The van der Waals surface area contributed by atoms with Gasteiger partial charge in [0.2, 0.25) is 0 Å². The molecule has 1 amide bonds. The number of carbonyl (C=O) groups is 1. The molecular weight excluding hydrogens is 359 g/mol. The lowest BCUT2D eigenvalue weighted by molar-refractivity contribution is -0.0498.